The SMILES string of the molecule is CNC(=O)c1nnc(NC(=O)N(C)CCc2ccccc2)cc1Nc1cccc(-c2ncn(C)n2)c1OC. The van der Waals surface area contributed by atoms with Crippen molar-refractivity contribution >= 4 is 29.1 Å². The van der Waals surface area contributed by atoms with E-state index in [2.05, 4.69) is 36.2 Å². The van der Waals surface area contributed by atoms with Crippen LogP contribution >= 0.6 is 0 Å². The van der Waals surface area contributed by atoms with Gasteiger partial charge >= 0.3 is 6.03 Å². The molecule has 0 atom stereocenters. The van der Waals surface area contributed by atoms with Gasteiger partial charge in [0, 0.05) is 33.8 Å². The van der Waals surface area contributed by atoms with Crippen LogP contribution in [0.4, 0.5) is 22.0 Å². The first kappa shape index (κ1) is 26.1. The van der Waals surface area contributed by atoms with Crippen molar-refractivity contribution in [3.63, 3.8) is 0 Å². The van der Waals surface area contributed by atoms with Crippen molar-refractivity contribution in [3.05, 3.63) is 72.2 Å². The Morgan fingerprint density at radius 3 is 2.53 bits per heavy atom. The zero-order valence-electron chi connectivity index (χ0n) is 21.6. The van der Waals surface area contributed by atoms with E-state index in [1.807, 2.05) is 42.5 Å². The number of hydrogen-bond donors (Lipinski definition) is 3. The molecule has 4 rings (SSSR count). The van der Waals surface area contributed by atoms with E-state index in [0.29, 0.717) is 41.5 Å². The molecular formula is C26H29N9O3. The number of urea groups is 1. The summed E-state index contributed by atoms with van der Waals surface area (Å²) in [6, 6.07) is 16.5. The standard InChI is InChI=1S/C26H29N9O3/c1-27-25(36)22-20(29-19-12-8-11-18(23(19)38-4)24-28-16-35(3)33-24)15-21(31-32-22)30-26(37)34(2)14-13-17-9-6-5-7-10-17/h5-12,15-16H,13-14H2,1-4H3,(H,27,36)(H2,29,30,31,37). The molecular weight excluding hydrogens is 486 g/mol. The molecule has 0 radical (unpaired) electrons. The minimum atomic E-state index is -0.445. The van der Waals surface area contributed by atoms with Crippen LogP contribution in [-0.2, 0) is 13.5 Å². The summed E-state index contributed by atoms with van der Waals surface area (Å²) >= 11 is 0. The highest BCUT2D eigenvalue weighted by Gasteiger charge is 2.20. The van der Waals surface area contributed by atoms with Crippen LogP contribution in [0.3, 0.4) is 0 Å². The van der Waals surface area contributed by atoms with Gasteiger partial charge in [0.2, 0.25) is 0 Å². The van der Waals surface area contributed by atoms with E-state index >= 15 is 0 Å². The number of carbonyl (C=O) groups excluding carboxylic acids is 2. The van der Waals surface area contributed by atoms with Crippen LogP contribution in [-0.4, -0.2) is 69.5 Å². The van der Waals surface area contributed by atoms with E-state index in [4.69, 9.17) is 4.74 Å². The fourth-order valence-corrected chi connectivity index (χ4v) is 3.72. The highest BCUT2D eigenvalue weighted by atomic mass is 16.5. The summed E-state index contributed by atoms with van der Waals surface area (Å²) in [6.07, 6.45) is 2.30. The van der Waals surface area contributed by atoms with Gasteiger partial charge in [0.25, 0.3) is 5.91 Å². The molecule has 196 valence electrons. The number of methoxy groups -OCH3 is 1. The Balaban J connectivity index is 1.57. The van der Waals surface area contributed by atoms with Crippen LogP contribution in [0.15, 0.2) is 60.9 Å². The van der Waals surface area contributed by atoms with E-state index in [1.54, 1.807) is 42.1 Å². The highest BCUT2D eigenvalue weighted by molar-refractivity contribution is 5.99. The number of para-hydroxylation sites is 1. The molecule has 4 aromatic rings. The number of aromatic nitrogens is 5. The van der Waals surface area contributed by atoms with Crippen LogP contribution in [0.25, 0.3) is 11.4 Å². The largest absolute Gasteiger partial charge is 0.494 e. The summed E-state index contributed by atoms with van der Waals surface area (Å²) in [6.45, 7) is 0.510. The Hall–Kier alpha value is -5.00. The molecule has 0 saturated heterocycles. The third-order valence-corrected chi connectivity index (χ3v) is 5.73. The zero-order valence-corrected chi connectivity index (χ0v) is 21.6. The number of benzene rings is 2. The third kappa shape index (κ3) is 6.03. The average Bonchev–Trinajstić information content (AvgIpc) is 3.37. The lowest BCUT2D eigenvalue weighted by atomic mass is 10.1. The number of carbonyl (C=O) groups is 2. The van der Waals surface area contributed by atoms with Crippen molar-refractivity contribution in [2.45, 2.75) is 6.42 Å². The van der Waals surface area contributed by atoms with Gasteiger partial charge in [0.1, 0.15) is 6.33 Å². The Morgan fingerprint density at radius 1 is 1.05 bits per heavy atom. The second-order valence-electron chi connectivity index (χ2n) is 8.41. The Labute approximate surface area is 220 Å². The van der Waals surface area contributed by atoms with Crippen molar-refractivity contribution in [2.75, 3.05) is 38.4 Å². The minimum Gasteiger partial charge on any atom is -0.494 e. The zero-order chi connectivity index (χ0) is 27.1. The minimum absolute atomic E-state index is 0.0475. The topological polar surface area (TPSA) is 139 Å². The lowest BCUT2D eigenvalue weighted by Gasteiger charge is -2.19. The summed E-state index contributed by atoms with van der Waals surface area (Å²) < 4.78 is 7.26. The van der Waals surface area contributed by atoms with Crippen LogP contribution in [0.5, 0.6) is 5.75 Å². The molecule has 0 unspecified atom stereocenters. The second-order valence-corrected chi connectivity index (χ2v) is 8.41. The molecule has 0 aliphatic carbocycles. The van der Waals surface area contributed by atoms with Gasteiger partial charge in [-0.2, -0.15) is 5.10 Å². The van der Waals surface area contributed by atoms with Gasteiger partial charge < -0.3 is 20.3 Å². The van der Waals surface area contributed by atoms with Crippen molar-refractivity contribution in [1.82, 2.24) is 35.2 Å². The van der Waals surface area contributed by atoms with E-state index in [9.17, 15) is 9.59 Å². The van der Waals surface area contributed by atoms with Gasteiger partial charge in [0.15, 0.2) is 23.1 Å². The summed E-state index contributed by atoms with van der Waals surface area (Å²) in [7, 11) is 6.51. The van der Waals surface area contributed by atoms with Crippen molar-refractivity contribution < 1.29 is 14.3 Å². The van der Waals surface area contributed by atoms with Crippen LogP contribution in [0, 0.1) is 0 Å². The number of anilines is 3. The van der Waals surface area contributed by atoms with Gasteiger partial charge in [-0.3, -0.25) is 14.8 Å². The number of hydrogen-bond acceptors (Lipinski definition) is 8. The van der Waals surface area contributed by atoms with Crippen LogP contribution in [0.1, 0.15) is 16.1 Å². The first-order chi connectivity index (χ1) is 18.4. The molecule has 2 aromatic carbocycles. The van der Waals surface area contributed by atoms with Gasteiger partial charge in [-0.15, -0.1) is 10.2 Å². The van der Waals surface area contributed by atoms with E-state index in [-0.39, 0.29) is 17.5 Å². The van der Waals surface area contributed by atoms with E-state index in [0.717, 1.165) is 5.56 Å². The first-order valence-corrected chi connectivity index (χ1v) is 11.9. The number of amides is 3. The van der Waals surface area contributed by atoms with Crippen molar-refractivity contribution in [1.29, 1.82) is 0 Å². The van der Waals surface area contributed by atoms with Gasteiger partial charge in [-0.05, 0) is 24.1 Å². The number of likely N-dealkylation sites (N-methyl/N-ethyl adjacent to an activating group) is 1. The Kier molecular flexibility index (Phi) is 8.11. The van der Waals surface area contributed by atoms with Crippen molar-refractivity contribution in [2.24, 2.45) is 7.05 Å². The van der Waals surface area contributed by atoms with Gasteiger partial charge in [0.05, 0.1) is 24.0 Å². The number of nitrogens with one attached hydrogen (secondary N) is 3. The monoisotopic (exact) mass is 515 g/mol. The number of ether oxygens (including phenoxy) is 1. The summed E-state index contributed by atoms with van der Waals surface area (Å²) in [5, 5.41) is 21.0. The highest BCUT2D eigenvalue weighted by Crippen LogP contribution is 2.37. The predicted octanol–water partition coefficient (Wildman–Crippen LogP) is 3.09. The summed E-state index contributed by atoms with van der Waals surface area (Å²) in [5.41, 5.74) is 2.71. The lowest BCUT2D eigenvalue weighted by Crippen LogP contribution is -2.33. The summed E-state index contributed by atoms with van der Waals surface area (Å²) in [4.78, 5) is 31.2. The quantitative estimate of drug-likeness (QED) is 0.309. The van der Waals surface area contributed by atoms with E-state index < -0.39 is 5.91 Å². The normalized spacial score (nSPS) is 10.5. The molecule has 0 spiro atoms. The fourth-order valence-electron chi connectivity index (χ4n) is 3.72. The first-order valence-electron chi connectivity index (χ1n) is 11.9. The van der Waals surface area contributed by atoms with Crippen LogP contribution < -0.4 is 20.7 Å². The smallest absolute Gasteiger partial charge is 0.322 e. The number of aryl methyl sites for hydroxylation is 1. The van der Waals surface area contributed by atoms with Gasteiger partial charge in [-0.25, -0.2) is 9.78 Å². The second kappa shape index (κ2) is 11.8. The third-order valence-electron chi connectivity index (χ3n) is 5.73. The van der Waals surface area contributed by atoms with Gasteiger partial charge in [-0.1, -0.05) is 36.4 Å². The van der Waals surface area contributed by atoms with Crippen LogP contribution in [0.2, 0.25) is 0 Å². The molecule has 2 aromatic heterocycles. The molecule has 2 heterocycles. The maximum Gasteiger partial charge on any atom is 0.322 e. The Morgan fingerprint density at radius 2 is 1.84 bits per heavy atom. The molecule has 12 heteroatoms. The fraction of sp³-hybridized carbons (Fsp3) is 0.231. The molecule has 0 fully saturated rings. The maximum atomic E-state index is 12.8. The summed E-state index contributed by atoms with van der Waals surface area (Å²) in [5.74, 6) is 0.695. The predicted molar refractivity (Wildman–Crippen MR) is 143 cm³/mol. The number of nitrogens with zero attached hydrogens (tertiary/aromatic N) is 6. The Bertz CT molecular complexity index is 1420. The molecule has 12 nitrogen and oxygen atoms in total. The molecule has 3 amide bonds. The molecule has 3 N–H and O–H groups in total. The number of rotatable bonds is 9. The maximum absolute atomic E-state index is 12.8. The molecule has 0 bridgehead atoms. The van der Waals surface area contributed by atoms with Crippen molar-refractivity contribution in [3.8, 4) is 17.1 Å². The molecule has 38 heavy (non-hydrogen) atoms. The van der Waals surface area contributed by atoms with E-state index in [1.165, 1.54) is 14.2 Å². The molecule has 0 saturated carbocycles. The lowest BCUT2D eigenvalue weighted by molar-refractivity contribution is 0.0958. The molecule has 0 aliphatic heterocycles. The molecule has 0 aliphatic rings. The average molecular weight is 516 g/mol.